The number of rotatable bonds is 2. The molecule has 1 aromatic rings. The van der Waals surface area contributed by atoms with Gasteiger partial charge in [-0.05, 0) is 25.6 Å². The van der Waals surface area contributed by atoms with Crippen molar-refractivity contribution in [2.75, 3.05) is 25.6 Å². The molecule has 2 unspecified atom stereocenters. The third-order valence-corrected chi connectivity index (χ3v) is 3.76. The number of amides is 1. The van der Waals surface area contributed by atoms with Crippen molar-refractivity contribution in [3.8, 4) is 5.75 Å². The van der Waals surface area contributed by atoms with Gasteiger partial charge in [-0.3, -0.25) is 9.69 Å². The van der Waals surface area contributed by atoms with E-state index in [2.05, 4.69) is 4.90 Å². The van der Waals surface area contributed by atoms with Crippen LogP contribution < -0.4 is 9.64 Å². The molecule has 2 atom stereocenters. The minimum absolute atomic E-state index is 0.0601. The number of carbonyl (C=O) groups is 1. The van der Waals surface area contributed by atoms with Crippen molar-refractivity contribution in [3.05, 3.63) is 24.3 Å². The molecular formula is C13H16N2O2. The molecule has 1 amide bonds. The van der Waals surface area contributed by atoms with Gasteiger partial charge < -0.3 is 9.64 Å². The van der Waals surface area contributed by atoms with Gasteiger partial charge in [0.05, 0.1) is 24.9 Å². The molecule has 2 heterocycles. The minimum Gasteiger partial charge on any atom is -0.495 e. The molecule has 90 valence electrons. The van der Waals surface area contributed by atoms with Gasteiger partial charge in [0, 0.05) is 6.54 Å². The fraction of sp³-hybridized carbons (Fsp3) is 0.462. The first-order chi connectivity index (χ1) is 8.22. The van der Waals surface area contributed by atoms with Crippen LogP contribution in [0, 0.1) is 0 Å². The molecule has 2 aliphatic heterocycles. The van der Waals surface area contributed by atoms with E-state index < -0.39 is 0 Å². The van der Waals surface area contributed by atoms with Crippen LogP contribution in [0.25, 0.3) is 0 Å². The summed E-state index contributed by atoms with van der Waals surface area (Å²) in [6, 6.07) is 8.09. The molecule has 17 heavy (non-hydrogen) atoms. The van der Waals surface area contributed by atoms with E-state index in [9.17, 15) is 4.79 Å². The highest BCUT2D eigenvalue weighted by atomic mass is 16.5. The Labute approximate surface area is 101 Å². The first-order valence-corrected chi connectivity index (χ1v) is 5.88. The van der Waals surface area contributed by atoms with Crippen LogP contribution in [0.4, 0.5) is 5.69 Å². The Bertz CT molecular complexity index is 460. The lowest BCUT2D eigenvalue weighted by Gasteiger charge is -2.32. The fourth-order valence-electron chi connectivity index (χ4n) is 2.93. The normalized spacial score (nSPS) is 27.9. The van der Waals surface area contributed by atoms with E-state index in [4.69, 9.17) is 4.74 Å². The molecule has 3 rings (SSSR count). The highest BCUT2D eigenvalue weighted by molar-refractivity contribution is 6.02. The van der Waals surface area contributed by atoms with Gasteiger partial charge in [-0.2, -0.15) is 0 Å². The van der Waals surface area contributed by atoms with Crippen LogP contribution in [0.15, 0.2) is 24.3 Å². The van der Waals surface area contributed by atoms with Gasteiger partial charge in [0.2, 0.25) is 5.91 Å². The van der Waals surface area contributed by atoms with Crippen molar-refractivity contribution < 1.29 is 9.53 Å². The summed E-state index contributed by atoms with van der Waals surface area (Å²) in [5.74, 6) is 0.976. The lowest BCUT2D eigenvalue weighted by Crippen LogP contribution is -2.49. The van der Waals surface area contributed by atoms with Crippen LogP contribution in [0.1, 0.15) is 6.42 Å². The predicted octanol–water partition coefficient (Wildman–Crippen LogP) is 1.11. The fourth-order valence-corrected chi connectivity index (χ4v) is 2.93. The van der Waals surface area contributed by atoms with E-state index in [0.717, 1.165) is 24.4 Å². The van der Waals surface area contributed by atoms with E-state index in [1.165, 1.54) is 0 Å². The summed E-state index contributed by atoms with van der Waals surface area (Å²) in [7, 11) is 3.66. The topological polar surface area (TPSA) is 32.8 Å². The Hall–Kier alpha value is -1.55. The van der Waals surface area contributed by atoms with Gasteiger partial charge in [0.1, 0.15) is 5.75 Å². The molecule has 0 N–H and O–H groups in total. The van der Waals surface area contributed by atoms with Gasteiger partial charge in [0.25, 0.3) is 0 Å². The number of likely N-dealkylation sites (N-methyl/N-ethyl adjacent to an activating group) is 1. The molecule has 2 saturated heterocycles. The number of hydrogen-bond donors (Lipinski definition) is 0. The zero-order valence-corrected chi connectivity index (χ0v) is 10.1. The van der Waals surface area contributed by atoms with Crippen molar-refractivity contribution in [2.45, 2.75) is 18.5 Å². The third-order valence-electron chi connectivity index (χ3n) is 3.76. The average molecular weight is 232 g/mol. The molecule has 1 aromatic carbocycles. The lowest BCUT2D eigenvalue weighted by atomic mass is 10.2. The highest BCUT2D eigenvalue weighted by Gasteiger charge is 2.49. The third kappa shape index (κ3) is 1.44. The molecule has 0 spiro atoms. The largest absolute Gasteiger partial charge is 0.495 e. The van der Waals surface area contributed by atoms with Gasteiger partial charge in [-0.1, -0.05) is 12.1 Å². The quantitative estimate of drug-likeness (QED) is 0.766. The molecule has 4 heteroatoms. The second-order valence-electron chi connectivity index (χ2n) is 4.72. The zero-order chi connectivity index (χ0) is 12.0. The van der Waals surface area contributed by atoms with Crippen molar-refractivity contribution in [3.63, 3.8) is 0 Å². The standard InChI is InChI=1S/C13H16N2O2/c1-14-8-9-7-11(14)13(16)15(9)10-5-3-4-6-12(10)17-2/h3-6,9,11H,7-8H2,1-2H3. The zero-order valence-electron chi connectivity index (χ0n) is 10.1. The maximum absolute atomic E-state index is 12.3. The van der Waals surface area contributed by atoms with Crippen molar-refractivity contribution in [1.29, 1.82) is 0 Å². The van der Waals surface area contributed by atoms with Gasteiger partial charge in [0.15, 0.2) is 0 Å². The molecule has 4 nitrogen and oxygen atoms in total. The van der Waals surface area contributed by atoms with E-state index >= 15 is 0 Å². The Morgan fingerprint density at radius 3 is 2.76 bits per heavy atom. The molecule has 0 radical (unpaired) electrons. The summed E-state index contributed by atoms with van der Waals surface area (Å²) in [4.78, 5) is 16.3. The summed E-state index contributed by atoms with van der Waals surface area (Å²) < 4.78 is 5.33. The Balaban J connectivity index is 1.98. The summed E-state index contributed by atoms with van der Waals surface area (Å²) in [6.45, 7) is 0.953. The molecular weight excluding hydrogens is 216 g/mol. The summed E-state index contributed by atoms with van der Waals surface area (Å²) in [5.41, 5.74) is 0.903. The number of fused-ring (bicyclic) bond motifs is 2. The number of hydrogen-bond acceptors (Lipinski definition) is 3. The lowest BCUT2D eigenvalue weighted by molar-refractivity contribution is -0.122. The number of carbonyl (C=O) groups excluding carboxylic acids is 1. The summed E-state index contributed by atoms with van der Waals surface area (Å²) in [5, 5.41) is 0. The van der Waals surface area contributed by atoms with Crippen LogP contribution in [0.2, 0.25) is 0 Å². The first kappa shape index (κ1) is 10.6. The van der Waals surface area contributed by atoms with Crippen LogP contribution in [0.5, 0.6) is 5.75 Å². The van der Waals surface area contributed by atoms with Gasteiger partial charge in [-0.25, -0.2) is 0 Å². The molecule has 2 fully saturated rings. The van der Waals surface area contributed by atoms with Crippen molar-refractivity contribution >= 4 is 11.6 Å². The number of methoxy groups -OCH3 is 1. The van der Waals surface area contributed by atoms with Crippen molar-refractivity contribution in [1.82, 2.24) is 4.90 Å². The number of anilines is 1. The minimum atomic E-state index is 0.0601. The predicted molar refractivity (Wildman–Crippen MR) is 65.3 cm³/mol. The SMILES string of the molecule is COc1ccccc1N1C(=O)C2CC1CN2C. The van der Waals surface area contributed by atoms with Crippen LogP contribution in [-0.2, 0) is 4.79 Å². The molecule has 2 bridgehead atoms. The van der Waals surface area contributed by atoms with E-state index in [0.29, 0.717) is 6.04 Å². The molecule has 2 aliphatic rings. The number of nitrogens with zero attached hydrogens (tertiary/aromatic N) is 2. The highest BCUT2D eigenvalue weighted by Crippen LogP contribution is 2.38. The van der Waals surface area contributed by atoms with Crippen LogP contribution >= 0.6 is 0 Å². The van der Waals surface area contributed by atoms with E-state index in [1.807, 2.05) is 36.2 Å². The van der Waals surface area contributed by atoms with Gasteiger partial charge >= 0.3 is 0 Å². The molecule has 0 aromatic heterocycles. The number of ether oxygens (including phenoxy) is 1. The Morgan fingerprint density at radius 1 is 1.35 bits per heavy atom. The van der Waals surface area contributed by atoms with E-state index in [-0.39, 0.29) is 11.9 Å². The van der Waals surface area contributed by atoms with Crippen molar-refractivity contribution in [2.24, 2.45) is 0 Å². The molecule has 0 saturated carbocycles. The second-order valence-corrected chi connectivity index (χ2v) is 4.72. The number of benzene rings is 1. The summed E-state index contributed by atoms with van der Waals surface area (Å²) in [6.07, 6.45) is 0.938. The average Bonchev–Trinajstić information content (AvgIpc) is 2.85. The maximum atomic E-state index is 12.3. The van der Waals surface area contributed by atoms with Crippen LogP contribution in [-0.4, -0.2) is 43.6 Å². The monoisotopic (exact) mass is 232 g/mol. The smallest absolute Gasteiger partial charge is 0.244 e. The van der Waals surface area contributed by atoms with E-state index in [1.54, 1.807) is 7.11 Å². The summed E-state index contributed by atoms with van der Waals surface area (Å²) >= 11 is 0. The van der Waals surface area contributed by atoms with Gasteiger partial charge in [-0.15, -0.1) is 0 Å². The van der Waals surface area contributed by atoms with Crippen LogP contribution in [0.3, 0.4) is 0 Å². The number of piperazine rings is 1. The maximum Gasteiger partial charge on any atom is 0.244 e. The second kappa shape index (κ2) is 3.74. The Kier molecular flexibility index (Phi) is 2.33. The molecule has 0 aliphatic carbocycles. The number of para-hydroxylation sites is 2. The Morgan fingerprint density at radius 2 is 2.12 bits per heavy atom. The first-order valence-electron chi connectivity index (χ1n) is 5.88. The number of likely N-dealkylation sites (tertiary alicyclic amines) is 1.